The molecule has 6 heteroatoms. The van der Waals surface area contributed by atoms with Gasteiger partial charge in [0, 0.05) is 55.1 Å². The summed E-state index contributed by atoms with van der Waals surface area (Å²) in [6, 6.07) is 51.8. The van der Waals surface area contributed by atoms with Crippen LogP contribution in [-0.4, -0.2) is 19.5 Å². The standard InChI is InChI=1S/C46H28N4O2/c1-27-24-37(50-35-21-11-8-18-30(35)33-25-34-31-19-9-12-22-38(31)51-40(34)26-36(33)50)43-42(32-20-10-13-23-39(32)52-43)41(27)46-48-44(28-14-4-2-5-15-28)47-45(49-46)29-16-6-3-7-17-29/h2-26H,1H3. The van der Waals surface area contributed by atoms with Crippen LogP contribution in [0.4, 0.5) is 0 Å². The SMILES string of the molecule is Cc1cc(-n2c3ccccc3c3cc4c(cc32)oc2ccccc24)c2oc3ccccc3c2c1-c1nc(-c2ccccc2)nc(-c2ccccc2)n1. The molecule has 0 spiro atoms. The molecule has 6 nitrogen and oxygen atoms in total. The molecule has 7 aromatic carbocycles. The molecular weight excluding hydrogens is 641 g/mol. The molecule has 0 N–H and O–H groups in total. The monoisotopic (exact) mass is 668 g/mol. The molecule has 0 aliphatic heterocycles. The summed E-state index contributed by atoms with van der Waals surface area (Å²) in [6.45, 7) is 2.14. The number of rotatable bonds is 4. The van der Waals surface area contributed by atoms with Gasteiger partial charge in [0.05, 0.1) is 16.7 Å². The van der Waals surface area contributed by atoms with Crippen molar-refractivity contribution >= 4 is 65.7 Å². The molecule has 0 amide bonds. The van der Waals surface area contributed by atoms with Gasteiger partial charge in [0.25, 0.3) is 0 Å². The lowest BCUT2D eigenvalue weighted by molar-refractivity contribution is 0.665. The van der Waals surface area contributed by atoms with Crippen molar-refractivity contribution in [3.63, 3.8) is 0 Å². The fourth-order valence-corrected chi connectivity index (χ4v) is 7.84. The number of nitrogens with zero attached hydrogens (tertiary/aromatic N) is 4. The third kappa shape index (κ3) is 4.21. The lowest BCUT2D eigenvalue weighted by Crippen LogP contribution is -2.03. The quantitative estimate of drug-likeness (QED) is 0.187. The molecule has 0 fully saturated rings. The highest BCUT2D eigenvalue weighted by atomic mass is 16.3. The third-order valence-electron chi connectivity index (χ3n) is 10.2. The average molecular weight is 669 g/mol. The van der Waals surface area contributed by atoms with Gasteiger partial charge in [-0.1, -0.05) is 115 Å². The average Bonchev–Trinajstić information content (AvgIpc) is 3.87. The van der Waals surface area contributed by atoms with Crippen molar-refractivity contribution in [1.82, 2.24) is 19.5 Å². The molecule has 52 heavy (non-hydrogen) atoms. The maximum Gasteiger partial charge on any atom is 0.165 e. The largest absolute Gasteiger partial charge is 0.456 e. The fraction of sp³-hybridized carbons (Fsp3) is 0.0217. The van der Waals surface area contributed by atoms with Crippen LogP contribution >= 0.6 is 0 Å². The van der Waals surface area contributed by atoms with Gasteiger partial charge in [0.1, 0.15) is 16.7 Å². The Bertz CT molecular complexity index is 3130. The minimum atomic E-state index is 0.597. The van der Waals surface area contributed by atoms with Crippen LogP contribution in [0.5, 0.6) is 0 Å². The van der Waals surface area contributed by atoms with Gasteiger partial charge >= 0.3 is 0 Å². The number of hydrogen-bond acceptors (Lipinski definition) is 5. The van der Waals surface area contributed by atoms with Crippen LogP contribution in [0.15, 0.2) is 160 Å². The summed E-state index contributed by atoms with van der Waals surface area (Å²) in [5.74, 6) is 1.83. The molecule has 244 valence electrons. The van der Waals surface area contributed by atoms with Gasteiger partial charge in [-0.05, 0) is 42.8 Å². The predicted octanol–water partition coefficient (Wildman–Crippen LogP) is 12.1. The second-order valence-electron chi connectivity index (χ2n) is 13.2. The van der Waals surface area contributed by atoms with E-state index in [1.807, 2.05) is 84.9 Å². The van der Waals surface area contributed by atoms with Crippen molar-refractivity contribution in [2.45, 2.75) is 6.92 Å². The topological polar surface area (TPSA) is 69.9 Å². The molecule has 11 rings (SSSR count). The second kappa shape index (κ2) is 11.0. The van der Waals surface area contributed by atoms with E-state index in [1.54, 1.807) is 0 Å². The highest BCUT2D eigenvalue weighted by Crippen LogP contribution is 2.45. The Balaban J connectivity index is 1.25. The summed E-state index contributed by atoms with van der Waals surface area (Å²) < 4.78 is 15.6. The number of aryl methyl sites for hydroxylation is 1. The zero-order valence-corrected chi connectivity index (χ0v) is 28.0. The predicted molar refractivity (Wildman–Crippen MR) is 210 cm³/mol. The van der Waals surface area contributed by atoms with Crippen molar-refractivity contribution in [2.24, 2.45) is 0 Å². The first-order chi connectivity index (χ1) is 25.7. The van der Waals surface area contributed by atoms with Gasteiger partial charge in [0.2, 0.25) is 0 Å². The van der Waals surface area contributed by atoms with Crippen molar-refractivity contribution in [1.29, 1.82) is 0 Å². The number of aromatic nitrogens is 4. The maximum absolute atomic E-state index is 6.87. The van der Waals surface area contributed by atoms with Crippen LogP contribution in [0, 0.1) is 6.92 Å². The van der Waals surface area contributed by atoms with Gasteiger partial charge in [-0.3, -0.25) is 0 Å². The molecule has 0 aliphatic rings. The Hall–Kier alpha value is -7.05. The van der Waals surface area contributed by atoms with Gasteiger partial charge in [0.15, 0.2) is 23.1 Å². The Morgan fingerprint density at radius 1 is 0.442 bits per heavy atom. The van der Waals surface area contributed by atoms with Crippen LogP contribution in [-0.2, 0) is 0 Å². The van der Waals surface area contributed by atoms with Gasteiger partial charge in [-0.25, -0.2) is 15.0 Å². The summed E-state index contributed by atoms with van der Waals surface area (Å²) in [5.41, 5.74) is 10.1. The summed E-state index contributed by atoms with van der Waals surface area (Å²) in [4.78, 5) is 15.3. The molecule has 0 saturated heterocycles. The summed E-state index contributed by atoms with van der Waals surface area (Å²) in [6.07, 6.45) is 0. The highest BCUT2D eigenvalue weighted by molar-refractivity contribution is 6.20. The molecule has 4 aromatic heterocycles. The van der Waals surface area contributed by atoms with Crippen LogP contribution in [0.1, 0.15) is 5.56 Å². The lowest BCUT2D eigenvalue weighted by Gasteiger charge is -2.15. The Kier molecular flexibility index (Phi) is 6.07. The van der Waals surface area contributed by atoms with Crippen LogP contribution in [0.25, 0.3) is 106 Å². The fourth-order valence-electron chi connectivity index (χ4n) is 7.84. The van der Waals surface area contributed by atoms with Gasteiger partial charge < -0.3 is 13.4 Å². The molecule has 0 atom stereocenters. The molecule has 0 bridgehead atoms. The number of hydrogen-bond donors (Lipinski definition) is 0. The molecule has 0 radical (unpaired) electrons. The van der Waals surface area contributed by atoms with E-state index in [0.717, 1.165) is 93.6 Å². The zero-order chi connectivity index (χ0) is 34.3. The first-order valence-electron chi connectivity index (χ1n) is 17.4. The number of para-hydroxylation sites is 3. The van der Waals surface area contributed by atoms with E-state index in [4.69, 9.17) is 23.8 Å². The van der Waals surface area contributed by atoms with Crippen molar-refractivity contribution in [2.75, 3.05) is 0 Å². The van der Waals surface area contributed by atoms with Crippen molar-refractivity contribution in [3.8, 4) is 39.9 Å². The van der Waals surface area contributed by atoms with E-state index in [-0.39, 0.29) is 0 Å². The molecule has 0 aliphatic carbocycles. The van der Waals surface area contributed by atoms with E-state index in [2.05, 4.69) is 78.2 Å². The molecular formula is C46H28N4O2. The van der Waals surface area contributed by atoms with E-state index >= 15 is 0 Å². The molecule has 4 heterocycles. The Morgan fingerprint density at radius 3 is 1.73 bits per heavy atom. The van der Waals surface area contributed by atoms with E-state index in [0.29, 0.717) is 17.5 Å². The highest BCUT2D eigenvalue weighted by Gasteiger charge is 2.25. The van der Waals surface area contributed by atoms with E-state index < -0.39 is 0 Å². The van der Waals surface area contributed by atoms with E-state index in [9.17, 15) is 0 Å². The van der Waals surface area contributed by atoms with Crippen molar-refractivity contribution < 1.29 is 8.83 Å². The van der Waals surface area contributed by atoms with Gasteiger partial charge in [-0.15, -0.1) is 0 Å². The first kappa shape index (κ1) is 28.8. The number of benzene rings is 7. The van der Waals surface area contributed by atoms with Crippen LogP contribution in [0.2, 0.25) is 0 Å². The minimum absolute atomic E-state index is 0.597. The Labute approximate surface area is 297 Å². The van der Waals surface area contributed by atoms with E-state index in [1.165, 1.54) is 0 Å². The molecule has 0 unspecified atom stereocenters. The van der Waals surface area contributed by atoms with Gasteiger partial charge in [-0.2, -0.15) is 0 Å². The molecule has 0 saturated carbocycles. The Morgan fingerprint density at radius 2 is 1.02 bits per heavy atom. The zero-order valence-electron chi connectivity index (χ0n) is 28.0. The number of furan rings is 2. The smallest absolute Gasteiger partial charge is 0.165 e. The summed E-state index contributed by atoms with van der Waals surface area (Å²) >= 11 is 0. The maximum atomic E-state index is 6.87. The third-order valence-corrected chi connectivity index (χ3v) is 10.2. The van der Waals surface area contributed by atoms with Crippen LogP contribution in [0.3, 0.4) is 0 Å². The summed E-state index contributed by atoms with van der Waals surface area (Å²) in [5, 5.41) is 6.49. The number of fused-ring (bicyclic) bond motifs is 9. The van der Waals surface area contributed by atoms with Crippen molar-refractivity contribution in [3.05, 3.63) is 157 Å². The first-order valence-corrected chi connectivity index (χ1v) is 17.4. The summed E-state index contributed by atoms with van der Waals surface area (Å²) in [7, 11) is 0. The lowest BCUT2D eigenvalue weighted by atomic mass is 9.99. The second-order valence-corrected chi connectivity index (χ2v) is 13.2. The minimum Gasteiger partial charge on any atom is -0.456 e. The van der Waals surface area contributed by atoms with Crippen LogP contribution < -0.4 is 0 Å². The normalized spacial score (nSPS) is 11.9. The molecule has 11 aromatic rings.